The number of aryl methyl sites for hydroxylation is 2. The molecule has 3 rings (SSSR count). The van der Waals surface area contributed by atoms with Gasteiger partial charge in [-0.2, -0.15) is 9.97 Å². The largest absolute Gasteiger partial charge is 0.368 e. The van der Waals surface area contributed by atoms with Crippen LogP contribution in [0.5, 0.6) is 0 Å². The number of nitrogen functional groups attached to an aromatic ring is 1. The van der Waals surface area contributed by atoms with E-state index in [0.29, 0.717) is 11.0 Å². The van der Waals surface area contributed by atoms with E-state index in [-0.39, 0.29) is 5.95 Å². The first-order chi connectivity index (χ1) is 11.1. The summed E-state index contributed by atoms with van der Waals surface area (Å²) in [7, 11) is 0. The molecule has 2 aromatic carbocycles. The number of anilines is 1. The Bertz CT molecular complexity index is 819. The lowest BCUT2D eigenvalue weighted by Gasteiger charge is -2.08. The van der Waals surface area contributed by atoms with Crippen LogP contribution >= 0.6 is 11.8 Å². The van der Waals surface area contributed by atoms with Crippen LogP contribution in [0.15, 0.2) is 53.7 Å². The first-order valence-corrected chi connectivity index (χ1v) is 8.36. The third-order valence-corrected chi connectivity index (χ3v) is 4.38. The van der Waals surface area contributed by atoms with Crippen LogP contribution in [0.2, 0.25) is 0 Å². The van der Waals surface area contributed by atoms with Crippen LogP contribution in [0.4, 0.5) is 5.95 Å². The summed E-state index contributed by atoms with van der Waals surface area (Å²) in [6, 6.07) is 16.4. The zero-order chi connectivity index (χ0) is 16.2. The van der Waals surface area contributed by atoms with Gasteiger partial charge in [-0.05, 0) is 25.0 Å². The summed E-state index contributed by atoms with van der Waals surface area (Å²) in [4.78, 5) is 13.1. The molecule has 3 aromatic rings. The highest BCUT2D eigenvalue weighted by Crippen LogP contribution is 2.25. The highest BCUT2D eigenvalue weighted by molar-refractivity contribution is 7.98. The Morgan fingerprint density at radius 1 is 0.957 bits per heavy atom. The van der Waals surface area contributed by atoms with Gasteiger partial charge in [-0.25, -0.2) is 4.98 Å². The molecule has 0 bridgehead atoms. The summed E-state index contributed by atoms with van der Waals surface area (Å²) in [5.74, 6) is 1.69. The van der Waals surface area contributed by atoms with Gasteiger partial charge in [0.2, 0.25) is 5.95 Å². The summed E-state index contributed by atoms with van der Waals surface area (Å²) in [6.45, 7) is 4.12. The van der Waals surface area contributed by atoms with E-state index >= 15 is 0 Å². The molecular weight excluding hydrogens is 304 g/mol. The normalized spacial score (nSPS) is 10.7. The SMILES string of the molecule is Cc1ccc(-c2nc(N)nc(SCc3ccccc3)n2)c(C)c1. The van der Waals surface area contributed by atoms with Gasteiger partial charge in [-0.1, -0.05) is 65.9 Å². The van der Waals surface area contributed by atoms with Crippen molar-refractivity contribution in [3.05, 3.63) is 65.2 Å². The van der Waals surface area contributed by atoms with Crippen LogP contribution in [0, 0.1) is 13.8 Å². The van der Waals surface area contributed by atoms with Crippen LogP contribution in [0.3, 0.4) is 0 Å². The number of benzene rings is 2. The number of nitrogens with two attached hydrogens (primary N) is 1. The van der Waals surface area contributed by atoms with Gasteiger partial charge in [0.1, 0.15) is 0 Å². The van der Waals surface area contributed by atoms with Crippen molar-refractivity contribution in [2.24, 2.45) is 0 Å². The molecule has 0 aliphatic carbocycles. The predicted octanol–water partition coefficient (Wildman–Crippen LogP) is 4.03. The lowest BCUT2D eigenvalue weighted by molar-refractivity contribution is 0.923. The van der Waals surface area contributed by atoms with E-state index in [0.717, 1.165) is 16.9 Å². The van der Waals surface area contributed by atoms with Crippen LogP contribution in [-0.2, 0) is 5.75 Å². The fraction of sp³-hybridized carbons (Fsp3) is 0.167. The van der Waals surface area contributed by atoms with Crippen LogP contribution in [0.1, 0.15) is 16.7 Å². The molecule has 0 atom stereocenters. The van der Waals surface area contributed by atoms with Gasteiger partial charge in [-0.3, -0.25) is 0 Å². The average Bonchev–Trinajstić information content (AvgIpc) is 2.53. The molecule has 0 amide bonds. The van der Waals surface area contributed by atoms with Gasteiger partial charge in [0, 0.05) is 11.3 Å². The van der Waals surface area contributed by atoms with Gasteiger partial charge < -0.3 is 5.73 Å². The Hall–Kier alpha value is -2.40. The first kappa shape index (κ1) is 15.5. The molecule has 23 heavy (non-hydrogen) atoms. The molecule has 1 heterocycles. The molecule has 4 nitrogen and oxygen atoms in total. The van der Waals surface area contributed by atoms with Gasteiger partial charge in [0.05, 0.1) is 0 Å². The van der Waals surface area contributed by atoms with Gasteiger partial charge >= 0.3 is 0 Å². The van der Waals surface area contributed by atoms with Crippen molar-refractivity contribution in [3.8, 4) is 11.4 Å². The third kappa shape index (κ3) is 3.87. The Balaban J connectivity index is 1.87. The van der Waals surface area contributed by atoms with E-state index in [1.807, 2.05) is 24.3 Å². The summed E-state index contributed by atoms with van der Waals surface area (Å²) in [6.07, 6.45) is 0. The van der Waals surface area contributed by atoms with E-state index in [1.54, 1.807) is 11.8 Å². The van der Waals surface area contributed by atoms with Crippen molar-refractivity contribution in [3.63, 3.8) is 0 Å². The van der Waals surface area contributed by atoms with Gasteiger partial charge in [0.25, 0.3) is 0 Å². The van der Waals surface area contributed by atoms with E-state index < -0.39 is 0 Å². The van der Waals surface area contributed by atoms with Crippen molar-refractivity contribution in [2.75, 3.05) is 5.73 Å². The van der Waals surface area contributed by atoms with Crippen molar-refractivity contribution >= 4 is 17.7 Å². The maximum atomic E-state index is 5.87. The Morgan fingerprint density at radius 2 is 1.74 bits per heavy atom. The molecule has 0 saturated carbocycles. The Morgan fingerprint density at radius 3 is 2.48 bits per heavy atom. The molecule has 0 aliphatic heterocycles. The summed E-state index contributed by atoms with van der Waals surface area (Å²) in [5.41, 5.74) is 10.4. The number of hydrogen-bond donors (Lipinski definition) is 1. The summed E-state index contributed by atoms with van der Waals surface area (Å²) >= 11 is 1.56. The quantitative estimate of drug-likeness (QED) is 0.735. The molecule has 116 valence electrons. The van der Waals surface area contributed by atoms with E-state index in [2.05, 4.69) is 53.1 Å². The fourth-order valence-electron chi connectivity index (χ4n) is 2.34. The van der Waals surface area contributed by atoms with Crippen molar-refractivity contribution in [1.29, 1.82) is 0 Å². The van der Waals surface area contributed by atoms with E-state index in [1.165, 1.54) is 11.1 Å². The maximum absolute atomic E-state index is 5.87. The molecule has 0 unspecified atom stereocenters. The van der Waals surface area contributed by atoms with Crippen molar-refractivity contribution in [2.45, 2.75) is 24.8 Å². The topological polar surface area (TPSA) is 64.7 Å². The molecule has 0 saturated heterocycles. The second kappa shape index (κ2) is 6.79. The minimum atomic E-state index is 0.255. The van der Waals surface area contributed by atoms with Crippen molar-refractivity contribution < 1.29 is 0 Å². The summed E-state index contributed by atoms with van der Waals surface area (Å²) < 4.78 is 0. The predicted molar refractivity (Wildman–Crippen MR) is 95.2 cm³/mol. The number of aromatic nitrogens is 3. The molecular formula is C18H18N4S. The second-order valence-corrected chi connectivity index (χ2v) is 6.33. The average molecular weight is 322 g/mol. The summed E-state index contributed by atoms with van der Waals surface area (Å²) in [5, 5.41) is 0.649. The second-order valence-electron chi connectivity index (χ2n) is 5.39. The first-order valence-electron chi connectivity index (χ1n) is 7.38. The van der Waals surface area contributed by atoms with E-state index in [4.69, 9.17) is 5.73 Å². The van der Waals surface area contributed by atoms with Crippen LogP contribution in [-0.4, -0.2) is 15.0 Å². The lowest BCUT2D eigenvalue weighted by Crippen LogP contribution is -2.02. The fourth-order valence-corrected chi connectivity index (χ4v) is 3.14. The van der Waals surface area contributed by atoms with Gasteiger partial charge in [0.15, 0.2) is 11.0 Å². The highest BCUT2D eigenvalue weighted by Gasteiger charge is 2.10. The number of nitrogens with zero attached hydrogens (tertiary/aromatic N) is 3. The molecule has 0 spiro atoms. The standard InChI is InChI=1S/C18H18N4S/c1-12-8-9-15(13(2)10-12)16-20-17(19)22-18(21-16)23-11-14-6-4-3-5-7-14/h3-10H,11H2,1-2H3,(H2,19,20,21,22). The maximum Gasteiger partial charge on any atom is 0.224 e. The van der Waals surface area contributed by atoms with Crippen LogP contribution in [0.25, 0.3) is 11.4 Å². The van der Waals surface area contributed by atoms with Crippen LogP contribution < -0.4 is 5.73 Å². The highest BCUT2D eigenvalue weighted by atomic mass is 32.2. The number of hydrogen-bond acceptors (Lipinski definition) is 5. The minimum Gasteiger partial charge on any atom is -0.368 e. The Kier molecular flexibility index (Phi) is 4.57. The number of thioether (sulfide) groups is 1. The van der Waals surface area contributed by atoms with E-state index in [9.17, 15) is 0 Å². The zero-order valence-corrected chi connectivity index (χ0v) is 14.0. The Labute approximate surface area is 140 Å². The molecule has 2 N–H and O–H groups in total. The third-order valence-electron chi connectivity index (χ3n) is 3.47. The van der Waals surface area contributed by atoms with Crippen molar-refractivity contribution in [1.82, 2.24) is 15.0 Å². The zero-order valence-electron chi connectivity index (χ0n) is 13.2. The monoisotopic (exact) mass is 322 g/mol. The molecule has 0 aliphatic rings. The minimum absolute atomic E-state index is 0.255. The molecule has 0 radical (unpaired) electrons. The number of rotatable bonds is 4. The molecule has 0 fully saturated rings. The lowest BCUT2D eigenvalue weighted by atomic mass is 10.1. The molecule has 5 heteroatoms. The van der Waals surface area contributed by atoms with Gasteiger partial charge in [-0.15, -0.1) is 0 Å². The smallest absolute Gasteiger partial charge is 0.224 e. The molecule has 1 aromatic heterocycles.